The molecule has 1 fully saturated rings. The number of carboxylic acid groups (broad SMARTS) is 1. The van der Waals surface area contributed by atoms with Crippen molar-refractivity contribution in [1.82, 2.24) is 9.88 Å². The monoisotopic (exact) mass is 500 g/mol. The van der Waals surface area contributed by atoms with Gasteiger partial charge >= 0.3 is 11.9 Å². The zero-order valence-corrected chi connectivity index (χ0v) is 20.2. The minimum absolute atomic E-state index is 0.00280. The number of aromatic nitrogens is 1. The van der Waals surface area contributed by atoms with E-state index >= 15 is 4.39 Å². The van der Waals surface area contributed by atoms with Crippen molar-refractivity contribution in [1.29, 1.82) is 0 Å². The van der Waals surface area contributed by atoms with E-state index in [1.807, 2.05) is 11.9 Å². The Balaban J connectivity index is 2.12. The smallest absolute Gasteiger partial charge is 0.341 e. The Morgan fingerprint density at radius 1 is 1.22 bits per heavy atom. The van der Waals surface area contributed by atoms with Crippen molar-refractivity contribution in [3.05, 3.63) is 62.4 Å². The molecule has 0 amide bonds. The fourth-order valence-electron chi connectivity index (χ4n) is 4.60. The van der Waals surface area contributed by atoms with Gasteiger partial charge < -0.3 is 30.4 Å². The average Bonchev–Trinajstić information content (AvgIpc) is 2.78. The number of nitrogens with one attached hydrogen (secondary N) is 1. The van der Waals surface area contributed by atoms with Crippen molar-refractivity contribution in [3.8, 4) is 5.69 Å². The largest absolute Gasteiger partial charge is 0.477 e. The molecule has 1 aliphatic rings. The number of aryl methyl sites for hydroxylation is 2. The van der Waals surface area contributed by atoms with Crippen LogP contribution >= 0.6 is 0 Å². The normalized spacial score (nSPS) is 13.7. The molecule has 4 N–H and O–H groups in total. The van der Waals surface area contributed by atoms with E-state index in [-0.39, 0.29) is 46.1 Å². The lowest BCUT2D eigenvalue weighted by molar-refractivity contribution is -0.142. The Labute approximate surface area is 205 Å². The number of halogens is 2. The van der Waals surface area contributed by atoms with Crippen LogP contribution in [0.25, 0.3) is 16.6 Å². The minimum atomic E-state index is -1.51. The molecule has 2 heterocycles. The van der Waals surface area contributed by atoms with Crippen LogP contribution in [0.5, 0.6) is 0 Å². The Morgan fingerprint density at radius 3 is 2.47 bits per heavy atom. The number of esters is 1. The van der Waals surface area contributed by atoms with Crippen LogP contribution in [0.2, 0.25) is 0 Å². The fraction of sp³-hybridized carbons (Fsp3) is 0.320. The number of likely N-dealkylation sites (N-methyl/N-ethyl adjacent to an activating group) is 1. The van der Waals surface area contributed by atoms with E-state index in [9.17, 15) is 23.9 Å². The Hall–Kier alpha value is -3.99. The maximum Gasteiger partial charge on any atom is 0.341 e. The number of anilines is 2. The van der Waals surface area contributed by atoms with Gasteiger partial charge in [-0.3, -0.25) is 9.59 Å². The molecule has 2 aromatic carbocycles. The van der Waals surface area contributed by atoms with Crippen LogP contribution in [-0.4, -0.2) is 47.8 Å². The highest BCUT2D eigenvalue weighted by atomic mass is 19.1. The van der Waals surface area contributed by atoms with Crippen molar-refractivity contribution in [2.45, 2.75) is 33.4 Å². The molecule has 190 valence electrons. The molecular weight excluding hydrogens is 474 g/mol. The van der Waals surface area contributed by atoms with Crippen LogP contribution in [0.15, 0.2) is 23.1 Å². The van der Waals surface area contributed by atoms with Gasteiger partial charge in [-0.25, -0.2) is 13.6 Å². The second kappa shape index (κ2) is 9.23. The summed E-state index contributed by atoms with van der Waals surface area (Å²) in [4.78, 5) is 38.5. The number of aromatic carboxylic acids is 1. The summed E-state index contributed by atoms with van der Waals surface area (Å²) in [7, 11) is 1.81. The lowest BCUT2D eigenvalue weighted by Crippen LogP contribution is -2.57. The number of benzene rings is 2. The Morgan fingerprint density at radius 2 is 1.89 bits per heavy atom. The molecule has 1 aromatic heterocycles. The topological polar surface area (TPSA) is 127 Å². The van der Waals surface area contributed by atoms with Gasteiger partial charge in [0.1, 0.15) is 18.0 Å². The third kappa shape index (κ3) is 4.05. The summed E-state index contributed by atoms with van der Waals surface area (Å²) in [6.07, 6.45) is 1.11. The van der Waals surface area contributed by atoms with Gasteiger partial charge in [0, 0.05) is 48.9 Å². The highest BCUT2D eigenvalue weighted by Crippen LogP contribution is 2.37. The first-order chi connectivity index (χ1) is 17.0. The number of ether oxygens (including phenoxy) is 1. The van der Waals surface area contributed by atoms with Crippen LogP contribution in [0, 0.1) is 25.5 Å². The lowest BCUT2D eigenvalue weighted by atomic mass is 9.96. The van der Waals surface area contributed by atoms with E-state index in [1.54, 1.807) is 6.92 Å². The zero-order chi connectivity index (χ0) is 26.5. The number of hydrogen-bond acceptors (Lipinski definition) is 7. The second-order valence-electron chi connectivity index (χ2n) is 8.86. The summed E-state index contributed by atoms with van der Waals surface area (Å²) in [6.45, 7) is 5.00. The predicted molar refractivity (Wildman–Crippen MR) is 131 cm³/mol. The highest BCUT2D eigenvalue weighted by molar-refractivity contribution is 5.98. The number of carbonyl (C=O) groups excluding carboxylic acids is 1. The first kappa shape index (κ1) is 25.1. The van der Waals surface area contributed by atoms with Gasteiger partial charge in [0.25, 0.3) is 0 Å². The highest BCUT2D eigenvalue weighted by Gasteiger charge is 2.32. The number of fused-ring (bicyclic) bond motifs is 1. The van der Waals surface area contributed by atoms with Crippen LogP contribution in [0.3, 0.4) is 0 Å². The predicted octanol–water partition coefficient (Wildman–Crippen LogP) is 2.64. The van der Waals surface area contributed by atoms with E-state index in [1.165, 1.54) is 24.5 Å². The van der Waals surface area contributed by atoms with Crippen LogP contribution < -0.4 is 21.4 Å². The average molecular weight is 501 g/mol. The van der Waals surface area contributed by atoms with Gasteiger partial charge in [0.15, 0.2) is 5.82 Å². The molecule has 0 unspecified atom stereocenters. The molecule has 1 aliphatic heterocycles. The molecular formula is C25H26F2N4O5. The minimum Gasteiger partial charge on any atom is -0.477 e. The maximum absolute atomic E-state index is 15.7. The Bertz CT molecular complexity index is 1480. The third-order valence-electron chi connectivity index (χ3n) is 6.55. The standard InChI is InChI=1S/C25H26F2N4O5/c1-11-20-22(12(2)23(21(11)27)30-7-15(8-30)29-4)31(9-16(24(20)33)25(34)35)19-6-18(28)17(26)5-14(19)10-36-13(3)32/h5-6,9,15,29H,7-8,10,28H2,1-4H3,(H,34,35). The number of nitrogen functional groups attached to an aromatic ring is 1. The van der Waals surface area contributed by atoms with E-state index in [2.05, 4.69) is 5.32 Å². The summed E-state index contributed by atoms with van der Waals surface area (Å²) in [5.74, 6) is -3.49. The first-order valence-corrected chi connectivity index (χ1v) is 11.2. The molecule has 0 bridgehead atoms. The first-order valence-electron chi connectivity index (χ1n) is 11.2. The van der Waals surface area contributed by atoms with Crippen molar-refractivity contribution >= 4 is 34.2 Å². The molecule has 36 heavy (non-hydrogen) atoms. The van der Waals surface area contributed by atoms with Gasteiger partial charge in [-0.15, -0.1) is 0 Å². The van der Waals surface area contributed by atoms with Crippen LogP contribution in [0.1, 0.15) is 34.0 Å². The molecule has 0 saturated carbocycles. The summed E-state index contributed by atoms with van der Waals surface area (Å²) in [5.41, 5.74) is 5.47. The molecule has 1 saturated heterocycles. The van der Waals surface area contributed by atoms with E-state index in [0.29, 0.717) is 24.3 Å². The molecule has 0 atom stereocenters. The molecule has 9 nitrogen and oxygen atoms in total. The van der Waals surface area contributed by atoms with Crippen molar-refractivity contribution in [2.24, 2.45) is 0 Å². The molecule has 0 spiro atoms. The van der Waals surface area contributed by atoms with Gasteiger partial charge in [-0.1, -0.05) is 0 Å². The molecule has 0 radical (unpaired) electrons. The van der Waals surface area contributed by atoms with E-state index in [4.69, 9.17) is 10.5 Å². The van der Waals surface area contributed by atoms with Crippen molar-refractivity contribution in [2.75, 3.05) is 30.8 Å². The van der Waals surface area contributed by atoms with E-state index < -0.39 is 34.6 Å². The lowest BCUT2D eigenvalue weighted by Gasteiger charge is -2.42. The Kier molecular flexibility index (Phi) is 6.44. The van der Waals surface area contributed by atoms with Gasteiger partial charge in [0.2, 0.25) is 5.43 Å². The third-order valence-corrected chi connectivity index (χ3v) is 6.55. The number of nitrogens with two attached hydrogens (primary N) is 1. The van der Waals surface area contributed by atoms with Gasteiger partial charge in [-0.05, 0) is 33.0 Å². The molecule has 11 heteroatoms. The number of pyridine rings is 1. The number of hydrogen-bond donors (Lipinski definition) is 3. The van der Waals surface area contributed by atoms with E-state index in [0.717, 1.165) is 12.3 Å². The molecule has 4 rings (SSSR count). The number of rotatable bonds is 6. The summed E-state index contributed by atoms with van der Waals surface area (Å²) in [6, 6.07) is 2.52. The maximum atomic E-state index is 15.7. The quantitative estimate of drug-likeness (QED) is 0.348. The fourth-order valence-corrected chi connectivity index (χ4v) is 4.60. The van der Waals surface area contributed by atoms with Gasteiger partial charge in [-0.2, -0.15) is 0 Å². The number of carbonyl (C=O) groups is 2. The van der Waals surface area contributed by atoms with Crippen molar-refractivity contribution < 1.29 is 28.2 Å². The number of carboxylic acids is 1. The summed E-state index contributed by atoms with van der Waals surface area (Å²) >= 11 is 0. The van der Waals surface area contributed by atoms with Crippen molar-refractivity contribution in [3.63, 3.8) is 0 Å². The second-order valence-corrected chi connectivity index (χ2v) is 8.86. The summed E-state index contributed by atoms with van der Waals surface area (Å²) < 4.78 is 36.5. The molecule has 3 aromatic rings. The zero-order valence-electron chi connectivity index (χ0n) is 20.2. The van der Waals surface area contributed by atoms with Gasteiger partial charge in [0.05, 0.1) is 28.0 Å². The SMILES string of the molecule is CNC1CN(c2c(F)c(C)c3c(=O)c(C(=O)O)cn(-c4cc(N)c(F)cc4COC(C)=O)c3c2C)C1. The van der Waals surface area contributed by atoms with Crippen LogP contribution in [0.4, 0.5) is 20.2 Å². The summed E-state index contributed by atoms with van der Waals surface area (Å²) in [5, 5.41) is 12.8. The number of nitrogens with zero attached hydrogens (tertiary/aromatic N) is 2. The van der Waals surface area contributed by atoms with Crippen LogP contribution in [-0.2, 0) is 16.1 Å². The molecule has 0 aliphatic carbocycles.